The second kappa shape index (κ2) is 6.93. The van der Waals surface area contributed by atoms with E-state index in [0.717, 1.165) is 17.9 Å². The Balaban J connectivity index is 1.56. The normalized spacial score (nSPS) is 12.5. The van der Waals surface area contributed by atoms with Crippen molar-refractivity contribution in [3.8, 4) is 11.5 Å². The molecule has 0 bridgehead atoms. The van der Waals surface area contributed by atoms with E-state index in [1.165, 1.54) is 22.0 Å². The standard InChI is InChI=1S/C21H19O2Si/c1-3-7-18(8-4-1)24(19-9-5-2-6-10-19)14-13-17-11-12-20-21(15-17)23-16-22-20/h1-12,15H,13-14,16H2. The lowest BCUT2D eigenvalue weighted by molar-refractivity contribution is 0.174. The molecular weight excluding hydrogens is 312 g/mol. The third-order valence-electron chi connectivity index (χ3n) is 4.35. The molecule has 4 rings (SSSR count). The fourth-order valence-electron chi connectivity index (χ4n) is 3.10. The van der Waals surface area contributed by atoms with Crippen LogP contribution in [0.4, 0.5) is 0 Å². The molecule has 3 aromatic carbocycles. The van der Waals surface area contributed by atoms with Crippen LogP contribution in [-0.4, -0.2) is 15.6 Å². The highest BCUT2D eigenvalue weighted by Gasteiger charge is 2.18. The van der Waals surface area contributed by atoms with E-state index < -0.39 is 8.80 Å². The molecule has 3 aromatic rings. The van der Waals surface area contributed by atoms with Gasteiger partial charge in [0.1, 0.15) is 8.80 Å². The molecule has 0 saturated heterocycles. The summed E-state index contributed by atoms with van der Waals surface area (Å²) in [5.74, 6) is 1.73. The maximum absolute atomic E-state index is 5.50. The highest BCUT2D eigenvalue weighted by Crippen LogP contribution is 2.32. The maximum atomic E-state index is 5.50. The molecule has 1 aliphatic heterocycles. The molecular formula is C21H19O2Si. The van der Waals surface area contributed by atoms with Gasteiger partial charge in [-0.2, -0.15) is 0 Å². The number of ether oxygens (including phenoxy) is 2. The van der Waals surface area contributed by atoms with E-state index in [-0.39, 0.29) is 0 Å². The summed E-state index contributed by atoms with van der Waals surface area (Å²) in [6.45, 7) is 0.335. The molecule has 0 spiro atoms. The third kappa shape index (κ3) is 3.22. The molecule has 24 heavy (non-hydrogen) atoms. The molecule has 0 unspecified atom stereocenters. The van der Waals surface area contributed by atoms with Gasteiger partial charge in [0.25, 0.3) is 0 Å². The van der Waals surface area contributed by atoms with Crippen LogP contribution in [-0.2, 0) is 6.42 Å². The zero-order chi connectivity index (χ0) is 16.2. The van der Waals surface area contributed by atoms with Crippen molar-refractivity contribution in [2.24, 2.45) is 0 Å². The van der Waals surface area contributed by atoms with Gasteiger partial charge in [0.05, 0.1) is 0 Å². The first-order valence-electron chi connectivity index (χ1n) is 8.25. The predicted octanol–water partition coefficient (Wildman–Crippen LogP) is 3.27. The first-order valence-corrected chi connectivity index (χ1v) is 9.96. The second-order valence-corrected chi connectivity index (χ2v) is 8.51. The van der Waals surface area contributed by atoms with E-state index in [4.69, 9.17) is 9.47 Å². The molecule has 0 atom stereocenters. The zero-order valence-electron chi connectivity index (χ0n) is 13.4. The van der Waals surface area contributed by atoms with E-state index in [9.17, 15) is 0 Å². The number of aryl methyl sites for hydroxylation is 1. The summed E-state index contributed by atoms with van der Waals surface area (Å²) >= 11 is 0. The summed E-state index contributed by atoms with van der Waals surface area (Å²) in [5.41, 5.74) is 1.31. The smallest absolute Gasteiger partial charge is 0.231 e. The summed E-state index contributed by atoms with van der Waals surface area (Å²) in [5, 5.41) is 2.93. The Morgan fingerprint density at radius 1 is 0.708 bits per heavy atom. The molecule has 119 valence electrons. The van der Waals surface area contributed by atoms with Crippen molar-refractivity contribution < 1.29 is 9.47 Å². The van der Waals surface area contributed by atoms with Crippen molar-refractivity contribution in [1.82, 2.24) is 0 Å². The molecule has 0 aromatic heterocycles. The van der Waals surface area contributed by atoms with Gasteiger partial charge < -0.3 is 9.47 Å². The molecule has 1 heterocycles. The lowest BCUT2D eigenvalue weighted by atomic mass is 10.1. The van der Waals surface area contributed by atoms with Crippen molar-refractivity contribution in [3.63, 3.8) is 0 Å². The van der Waals surface area contributed by atoms with E-state index >= 15 is 0 Å². The van der Waals surface area contributed by atoms with Crippen LogP contribution < -0.4 is 19.8 Å². The topological polar surface area (TPSA) is 18.5 Å². The monoisotopic (exact) mass is 331 g/mol. The second-order valence-electron chi connectivity index (χ2n) is 5.90. The summed E-state index contributed by atoms with van der Waals surface area (Å²) < 4.78 is 10.9. The van der Waals surface area contributed by atoms with Gasteiger partial charge in [-0.05, 0) is 30.2 Å². The molecule has 0 aliphatic carbocycles. The lowest BCUT2D eigenvalue weighted by Gasteiger charge is -2.16. The van der Waals surface area contributed by atoms with Crippen LogP contribution in [0.15, 0.2) is 78.9 Å². The largest absolute Gasteiger partial charge is 0.454 e. The summed E-state index contributed by atoms with van der Waals surface area (Å²) in [6.07, 6.45) is 1.05. The van der Waals surface area contributed by atoms with Crippen molar-refractivity contribution in [3.05, 3.63) is 84.4 Å². The van der Waals surface area contributed by atoms with E-state index in [1.54, 1.807) is 0 Å². The van der Waals surface area contributed by atoms with E-state index in [0.29, 0.717) is 6.79 Å². The number of rotatable bonds is 5. The van der Waals surface area contributed by atoms with Gasteiger partial charge in [0.15, 0.2) is 11.5 Å². The quantitative estimate of drug-likeness (QED) is 0.668. The molecule has 0 fully saturated rings. The number of fused-ring (bicyclic) bond motifs is 1. The Hall–Kier alpha value is -2.52. The molecule has 0 amide bonds. The lowest BCUT2D eigenvalue weighted by Crippen LogP contribution is -2.42. The summed E-state index contributed by atoms with van der Waals surface area (Å²) in [6, 6.07) is 29.3. The average molecular weight is 331 g/mol. The van der Waals surface area contributed by atoms with E-state index in [2.05, 4.69) is 72.8 Å². The van der Waals surface area contributed by atoms with Crippen LogP contribution in [0.25, 0.3) is 0 Å². The highest BCUT2D eigenvalue weighted by molar-refractivity contribution is 6.85. The van der Waals surface area contributed by atoms with Crippen LogP contribution in [0, 0.1) is 0 Å². The molecule has 3 heteroatoms. The van der Waals surface area contributed by atoms with Crippen LogP contribution in [0.2, 0.25) is 6.04 Å². The highest BCUT2D eigenvalue weighted by atomic mass is 28.3. The van der Waals surface area contributed by atoms with Crippen molar-refractivity contribution in [2.45, 2.75) is 12.5 Å². The third-order valence-corrected chi connectivity index (χ3v) is 7.16. The van der Waals surface area contributed by atoms with Crippen LogP contribution in [0.1, 0.15) is 5.56 Å². The predicted molar refractivity (Wildman–Crippen MR) is 99.0 cm³/mol. The minimum atomic E-state index is -0.783. The molecule has 1 radical (unpaired) electrons. The minimum absolute atomic E-state index is 0.335. The van der Waals surface area contributed by atoms with Gasteiger partial charge in [0, 0.05) is 0 Å². The van der Waals surface area contributed by atoms with Gasteiger partial charge in [-0.15, -0.1) is 0 Å². The average Bonchev–Trinajstić information content (AvgIpc) is 3.11. The van der Waals surface area contributed by atoms with Gasteiger partial charge in [-0.25, -0.2) is 0 Å². The number of hydrogen-bond donors (Lipinski definition) is 0. The Bertz CT molecular complexity index is 763. The summed E-state index contributed by atoms with van der Waals surface area (Å²) in [7, 11) is -0.783. The number of hydrogen-bond acceptors (Lipinski definition) is 2. The SMILES string of the molecule is c1ccc([Si](CCc2ccc3c(c2)OCO3)c2ccccc2)cc1. The fraction of sp³-hybridized carbons (Fsp3) is 0.143. The van der Waals surface area contributed by atoms with Crippen LogP contribution >= 0.6 is 0 Å². The van der Waals surface area contributed by atoms with Crippen LogP contribution in [0.3, 0.4) is 0 Å². The van der Waals surface area contributed by atoms with Gasteiger partial charge in [-0.3, -0.25) is 0 Å². The molecule has 0 N–H and O–H groups in total. The first-order chi connectivity index (χ1) is 11.9. The zero-order valence-corrected chi connectivity index (χ0v) is 14.4. The van der Waals surface area contributed by atoms with Gasteiger partial charge >= 0.3 is 0 Å². The van der Waals surface area contributed by atoms with Crippen LogP contribution in [0.5, 0.6) is 11.5 Å². The van der Waals surface area contributed by atoms with Crippen molar-refractivity contribution >= 4 is 19.2 Å². The van der Waals surface area contributed by atoms with Gasteiger partial charge in [0.2, 0.25) is 6.79 Å². The van der Waals surface area contributed by atoms with Crippen molar-refractivity contribution in [2.75, 3.05) is 6.79 Å². The van der Waals surface area contributed by atoms with Crippen molar-refractivity contribution in [1.29, 1.82) is 0 Å². The first kappa shape index (κ1) is 15.0. The molecule has 2 nitrogen and oxygen atoms in total. The van der Waals surface area contributed by atoms with E-state index in [1.807, 2.05) is 6.07 Å². The fourth-order valence-corrected chi connectivity index (χ4v) is 5.74. The van der Waals surface area contributed by atoms with Gasteiger partial charge in [-0.1, -0.05) is 77.1 Å². The summed E-state index contributed by atoms with van der Waals surface area (Å²) in [4.78, 5) is 0. The Labute approximate surface area is 144 Å². The number of benzene rings is 3. The minimum Gasteiger partial charge on any atom is -0.454 e. The maximum Gasteiger partial charge on any atom is 0.231 e. The Morgan fingerprint density at radius 2 is 1.33 bits per heavy atom. The molecule has 0 saturated carbocycles. The Kier molecular flexibility index (Phi) is 4.34. The Morgan fingerprint density at radius 3 is 2.00 bits per heavy atom. The molecule has 1 aliphatic rings.